The summed E-state index contributed by atoms with van der Waals surface area (Å²) >= 11 is 0. The molecule has 0 bridgehead atoms. The molecule has 17 heavy (non-hydrogen) atoms. The minimum Gasteiger partial charge on any atom is -0.496 e. The standard InChI is InChI=1S/C15H20O2/c1-9-5-6-12(15(7-9)17-4)13-8-14(16)11(3)10(13)2/h5-7,10-11,13H,8H2,1-4H3. The molecule has 2 rings (SSSR count). The second-order valence-electron chi connectivity index (χ2n) is 5.17. The van der Waals surface area contributed by atoms with Gasteiger partial charge in [-0.1, -0.05) is 26.0 Å². The first-order valence-corrected chi connectivity index (χ1v) is 6.22. The largest absolute Gasteiger partial charge is 0.496 e. The lowest BCUT2D eigenvalue weighted by atomic mass is 9.86. The number of benzene rings is 1. The molecule has 0 aliphatic heterocycles. The number of hydrogen-bond acceptors (Lipinski definition) is 2. The number of aryl methyl sites for hydroxylation is 1. The van der Waals surface area contributed by atoms with Crippen LogP contribution in [0.2, 0.25) is 0 Å². The Balaban J connectivity index is 2.38. The van der Waals surface area contributed by atoms with E-state index >= 15 is 0 Å². The number of rotatable bonds is 2. The van der Waals surface area contributed by atoms with Gasteiger partial charge in [0.05, 0.1) is 7.11 Å². The van der Waals surface area contributed by atoms with Crippen molar-refractivity contribution in [2.24, 2.45) is 11.8 Å². The summed E-state index contributed by atoms with van der Waals surface area (Å²) in [5.41, 5.74) is 2.37. The third-order valence-corrected chi connectivity index (χ3v) is 4.14. The molecule has 1 aliphatic rings. The van der Waals surface area contributed by atoms with Crippen LogP contribution in [0, 0.1) is 18.8 Å². The quantitative estimate of drug-likeness (QED) is 0.781. The second-order valence-corrected chi connectivity index (χ2v) is 5.17. The van der Waals surface area contributed by atoms with Gasteiger partial charge < -0.3 is 4.74 Å². The van der Waals surface area contributed by atoms with Crippen LogP contribution in [-0.2, 0) is 4.79 Å². The van der Waals surface area contributed by atoms with E-state index in [2.05, 4.69) is 32.0 Å². The van der Waals surface area contributed by atoms with Crippen LogP contribution in [0.1, 0.15) is 37.3 Å². The minimum absolute atomic E-state index is 0.172. The smallest absolute Gasteiger partial charge is 0.136 e. The Labute approximate surface area is 103 Å². The van der Waals surface area contributed by atoms with E-state index in [1.807, 2.05) is 6.92 Å². The Morgan fingerprint density at radius 1 is 1.29 bits per heavy atom. The Kier molecular flexibility index (Phi) is 3.23. The van der Waals surface area contributed by atoms with Crippen LogP contribution in [0.15, 0.2) is 18.2 Å². The van der Waals surface area contributed by atoms with E-state index in [1.165, 1.54) is 11.1 Å². The molecule has 0 saturated heterocycles. The Bertz CT molecular complexity index is 437. The summed E-state index contributed by atoms with van der Waals surface area (Å²) in [7, 11) is 1.70. The molecule has 2 nitrogen and oxygen atoms in total. The summed E-state index contributed by atoms with van der Waals surface area (Å²) in [6.45, 7) is 6.26. The van der Waals surface area contributed by atoms with E-state index in [4.69, 9.17) is 4.74 Å². The maximum absolute atomic E-state index is 11.8. The molecule has 1 aliphatic carbocycles. The van der Waals surface area contributed by atoms with Crippen LogP contribution in [0.3, 0.4) is 0 Å². The van der Waals surface area contributed by atoms with Gasteiger partial charge in [0.1, 0.15) is 11.5 Å². The zero-order valence-corrected chi connectivity index (χ0v) is 11.0. The van der Waals surface area contributed by atoms with Gasteiger partial charge in [-0.2, -0.15) is 0 Å². The van der Waals surface area contributed by atoms with Gasteiger partial charge in [0, 0.05) is 12.3 Å². The fourth-order valence-corrected chi connectivity index (χ4v) is 2.75. The SMILES string of the molecule is COc1cc(C)ccc1C1CC(=O)C(C)C1C. The predicted octanol–water partition coefficient (Wildman–Crippen LogP) is 3.33. The third kappa shape index (κ3) is 2.08. The Hall–Kier alpha value is -1.31. The maximum Gasteiger partial charge on any atom is 0.136 e. The number of ketones is 1. The first-order chi connectivity index (χ1) is 8.04. The molecule has 0 radical (unpaired) electrons. The normalized spacial score (nSPS) is 28.5. The van der Waals surface area contributed by atoms with E-state index in [0.717, 1.165) is 5.75 Å². The van der Waals surface area contributed by atoms with E-state index in [-0.39, 0.29) is 5.92 Å². The lowest BCUT2D eigenvalue weighted by Crippen LogP contribution is -2.10. The molecule has 0 heterocycles. The van der Waals surface area contributed by atoms with E-state index in [1.54, 1.807) is 7.11 Å². The highest BCUT2D eigenvalue weighted by Gasteiger charge is 2.38. The Morgan fingerprint density at radius 2 is 2.00 bits per heavy atom. The molecule has 1 aromatic rings. The van der Waals surface area contributed by atoms with Gasteiger partial charge in [0.2, 0.25) is 0 Å². The number of ether oxygens (including phenoxy) is 1. The van der Waals surface area contributed by atoms with E-state index < -0.39 is 0 Å². The third-order valence-electron chi connectivity index (χ3n) is 4.14. The number of hydrogen-bond donors (Lipinski definition) is 0. The first-order valence-electron chi connectivity index (χ1n) is 6.22. The first kappa shape index (κ1) is 12.2. The van der Waals surface area contributed by atoms with Crippen molar-refractivity contribution < 1.29 is 9.53 Å². The molecular formula is C15H20O2. The minimum atomic E-state index is 0.172. The van der Waals surface area contributed by atoms with Crippen LogP contribution in [0.5, 0.6) is 5.75 Å². The molecule has 1 saturated carbocycles. The summed E-state index contributed by atoms with van der Waals surface area (Å²) in [5.74, 6) is 2.19. The van der Waals surface area contributed by atoms with Gasteiger partial charge >= 0.3 is 0 Å². The van der Waals surface area contributed by atoms with Crippen molar-refractivity contribution >= 4 is 5.78 Å². The fourth-order valence-electron chi connectivity index (χ4n) is 2.75. The van der Waals surface area contributed by atoms with Crippen LogP contribution < -0.4 is 4.74 Å². The van der Waals surface area contributed by atoms with Crippen LogP contribution >= 0.6 is 0 Å². The van der Waals surface area contributed by atoms with Crippen molar-refractivity contribution in [2.45, 2.75) is 33.1 Å². The van der Waals surface area contributed by atoms with E-state index in [0.29, 0.717) is 24.0 Å². The summed E-state index contributed by atoms with van der Waals surface area (Å²) < 4.78 is 5.45. The average Bonchev–Trinajstić information content (AvgIpc) is 2.57. The molecule has 0 spiro atoms. The molecule has 1 fully saturated rings. The van der Waals surface area contributed by atoms with Crippen molar-refractivity contribution in [2.75, 3.05) is 7.11 Å². The van der Waals surface area contributed by atoms with Gasteiger partial charge in [0.25, 0.3) is 0 Å². The molecule has 92 valence electrons. The summed E-state index contributed by atoms with van der Waals surface area (Å²) in [6.07, 6.45) is 0.655. The van der Waals surface area contributed by atoms with Crippen LogP contribution in [0.25, 0.3) is 0 Å². The molecule has 0 N–H and O–H groups in total. The lowest BCUT2D eigenvalue weighted by Gasteiger charge is -2.20. The fraction of sp³-hybridized carbons (Fsp3) is 0.533. The van der Waals surface area contributed by atoms with Gasteiger partial charge in [-0.3, -0.25) is 4.79 Å². The predicted molar refractivity (Wildman–Crippen MR) is 68.4 cm³/mol. The maximum atomic E-state index is 11.8. The number of Topliss-reactive ketones (excluding diaryl/α,β-unsaturated/α-hetero) is 1. The second kappa shape index (κ2) is 4.52. The van der Waals surface area contributed by atoms with E-state index in [9.17, 15) is 4.79 Å². The van der Waals surface area contributed by atoms with Gasteiger partial charge in [-0.15, -0.1) is 0 Å². The van der Waals surface area contributed by atoms with Crippen molar-refractivity contribution in [3.05, 3.63) is 29.3 Å². The van der Waals surface area contributed by atoms with Crippen LogP contribution in [0.4, 0.5) is 0 Å². The molecule has 2 heteroatoms. The molecule has 1 aromatic carbocycles. The van der Waals surface area contributed by atoms with Gasteiger partial charge in [0.15, 0.2) is 0 Å². The highest BCUT2D eigenvalue weighted by Crippen LogP contribution is 2.44. The lowest BCUT2D eigenvalue weighted by molar-refractivity contribution is -0.120. The van der Waals surface area contributed by atoms with Crippen molar-refractivity contribution in [1.82, 2.24) is 0 Å². The summed E-state index contributed by atoms with van der Waals surface area (Å²) in [5, 5.41) is 0. The molecule has 3 unspecified atom stereocenters. The van der Waals surface area contributed by atoms with Crippen molar-refractivity contribution in [3.63, 3.8) is 0 Å². The summed E-state index contributed by atoms with van der Waals surface area (Å²) in [4.78, 5) is 11.8. The van der Waals surface area contributed by atoms with Gasteiger partial charge in [-0.05, 0) is 36.0 Å². The number of carbonyl (C=O) groups is 1. The zero-order chi connectivity index (χ0) is 12.6. The Morgan fingerprint density at radius 3 is 2.53 bits per heavy atom. The van der Waals surface area contributed by atoms with Crippen molar-refractivity contribution in [3.8, 4) is 5.75 Å². The molecule has 3 atom stereocenters. The molecule has 0 amide bonds. The molecule has 0 aromatic heterocycles. The number of carbonyl (C=O) groups excluding carboxylic acids is 1. The molecular weight excluding hydrogens is 212 g/mol. The average molecular weight is 232 g/mol. The number of methoxy groups -OCH3 is 1. The monoisotopic (exact) mass is 232 g/mol. The highest BCUT2D eigenvalue weighted by atomic mass is 16.5. The van der Waals surface area contributed by atoms with Crippen molar-refractivity contribution in [1.29, 1.82) is 0 Å². The topological polar surface area (TPSA) is 26.3 Å². The zero-order valence-electron chi connectivity index (χ0n) is 11.0. The van der Waals surface area contributed by atoms with Crippen LogP contribution in [-0.4, -0.2) is 12.9 Å². The van der Waals surface area contributed by atoms with Gasteiger partial charge in [-0.25, -0.2) is 0 Å². The highest BCUT2D eigenvalue weighted by molar-refractivity contribution is 5.84. The summed E-state index contributed by atoms with van der Waals surface area (Å²) in [6, 6.07) is 6.26.